The van der Waals surface area contributed by atoms with Crippen LogP contribution in [0.1, 0.15) is 13.8 Å². The number of oxime groups is 1. The van der Waals surface area contributed by atoms with Gasteiger partial charge in [-0.1, -0.05) is 5.16 Å². The zero-order chi connectivity index (χ0) is 9.14. The van der Waals surface area contributed by atoms with Crippen molar-refractivity contribution in [1.29, 1.82) is 0 Å². The molecular formula is C7H15N3O2. The molecule has 0 saturated carbocycles. The van der Waals surface area contributed by atoms with Crippen LogP contribution in [-0.4, -0.2) is 41.4 Å². The van der Waals surface area contributed by atoms with Crippen LogP contribution in [0.5, 0.6) is 0 Å². The van der Waals surface area contributed by atoms with Gasteiger partial charge in [0, 0.05) is 13.1 Å². The third kappa shape index (κ3) is 2.01. The summed E-state index contributed by atoms with van der Waals surface area (Å²) in [6.07, 6.45) is 0.267. The Morgan fingerprint density at radius 3 is 2.42 bits per heavy atom. The van der Waals surface area contributed by atoms with E-state index in [1.807, 2.05) is 13.8 Å². The molecule has 0 spiro atoms. The van der Waals surface area contributed by atoms with Crippen LogP contribution in [0.15, 0.2) is 5.16 Å². The van der Waals surface area contributed by atoms with Gasteiger partial charge in [-0.15, -0.1) is 0 Å². The van der Waals surface area contributed by atoms with E-state index in [-0.39, 0.29) is 18.2 Å². The number of rotatable bonds is 0. The van der Waals surface area contributed by atoms with Crippen molar-refractivity contribution in [2.45, 2.75) is 26.1 Å². The molecule has 1 aliphatic rings. The van der Waals surface area contributed by atoms with Crippen LogP contribution in [0.25, 0.3) is 0 Å². The second-order valence-corrected chi connectivity index (χ2v) is 3.12. The summed E-state index contributed by atoms with van der Waals surface area (Å²) in [6, 6.07) is 0. The predicted molar refractivity (Wildman–Crippen MR) is 45.0 cm³/mol. The normalized spacial score (nSPS) is 32.2. The molecule has 0 aromatic heterocycles. The predicted octanol–water partition coefficient (Wildman–Crippen LogP) is -0.200. The van der Waals surface area contributed by atoms with Gasteiger partial charge in [0.1, 0.15) is 0 Å². The van der Waals surface area contributed by atoms with E-state index in [1.54, 1.807) is 4.90 Å². The molecule has 0 aromatic carbocycles. The lowest BCUT2D eigenvalue weighted by atomic mass is 10.2. The van der Waals surface area contributed by atoms with Crippen molar-refractivity contribution in [3.63, 3.8) is 0 Å². The van der Waals surface area contributed by atoms with Gasteiger partial charge in [0.25, 0.3) is 0 Å². The van der Waals surface area contributed by atoms with Crippen LogP contribution >= 0.6 is 0 Å². The van der Waals surface area contributed by atoms with Crippen LogP contribution in [0.2, 0.25) is 0 Å². The zero-order valence-corrected chi connectivity index (χ0v) is 7.40. The number of morpholine rings is 1. The molecule has 1 rings (SSSR count). The van der Waals surface area contributed by atoms with Gasteiger partial charge in [0.2, 0.25) is 5.96 Å². The monoisotopic (exact) mass is 173 g/mol. The SMILES string of the molecule is CC1CN(C(N)=NO)CC(C)O1. The summed E-state index contributed by atoms with van der Waals surface area (Å²) in [5, 5.41) is 11.4. The smallest absolute Gasteiger partial charge is 0.233 e. The molecular weight excluding hydrogens is 158 g/mol. The van der Waals surface area contributed by atoms with Crippen molar-refractivity contribution >= 4 is 5.96 Å². The first-order valence-electron chi connectivity index (χ1n) is 4.01. The molecule has 5 nitrogen and oxygen atoms in total. The Morgan fingerprint density at radius 1 is 1.50 bits per heavy atom. The lowest BCUT2D eigenvalue weighted by Crippen LogP contribution is -2.50. The Labute approximate surface area is 71.8 Å². The van der Waals surface area contributed by atoms with Gasteiger partial charge in [-0.2, -0.15) is 0 Å². The standard InChI is InChI=1S/C7H15N3O2/c1-5-3-10(7(8)9-11)4-6(2)12-5/h5-6,11H,3-4H2,1-2H3,(H2,8,9). The van der Waals surface area contributed by atoms with Gasteiger partial charge in [0.05, 0.1) is 12.2 Å². The molecule has 1 heterocycles. The Bertz CT molecular complexity index is 173. The molecule has 12 heavy (non-hydrogen) atoms. The van der Waals surface area contributed by atoms with Crippen molar-refractivity contribution in [2.24, 2.45) is 10.9 Å². The lowest BCUT2D eigenvalue weighted by molar-refractivity contribution is -0.0489. The number of guanidine groups is 1. The highest BCUT2D eigenvalue weighted by Gasteiger charge is 2.23. The first kappa shape index (κ1) is 9.12. The maximum absolute atomic E-state index is 8.44. The quantitative estimate of drug-likeness (QED) is 0.230. The minimum Gasteiger partial charge on any atom is -0.408 e. The lowest BCUT2D eigenvalue weighted by Gasteiger charge is -2.35. The highest BCUT2D eigenvalue weighted by atomic mass is 16.5. The summed E-state index contributed by atoms with van der Waals surface area (Å²) in [7, 11) is 0. The molecule has 0 aliphatic carbocycles. The van der Waals surface area contributed by atoms with E-state index in [1.165, 1.54) is 0 Å². The van der Waals surface area contributed by atoms with Gasteiger partial charge in [-0.05, 0) is 13.8 Å². The molecule has 1 saturated heterocycles. The van der Waals surface area contributed by atoms with E-state index in [2.05, 4.69) is 5.16 Å². The molecule has 1 fully saturated rings. The first-order chi connectivity index (χ1) is 5.63. The number of ether oxygens (including phenoxy) is 1. The Kier molecular flexibility index (Phi) is 2.75. The Hall–Kier alpha value is -0.970. The fraction of sp³-hybridized carbons (Fsp3) is 0.857. The van der Waals surface area contributed by atoms with Gasteiger partial charge < -0.3 is 20.6 Å². The van der Waals surface area contributed by atoms with E-state index < -0.39 is 0 Å². The van der Waals surface area contributed by atoms with Crippen LogP contribution < -0.4 is 5.73 Å². The summed E-state index contributed by atoms with van der Waals surface area (Å²) in [4.78, 5) is 1.80. The fourth-order valence-electron chi connectivity index (χ4n) is 1.43. The molecule has 0 aromatic rings. The molecule has 5 heteroatoms. The van der Waals surface area contributed by atoms with Crippen molar-refractivity contribution in [1.82, 2.24) is 4.90 Å². The Morgan fingerprint density at radius 2 is 2.00 bits per heavy atom. The van der Waals surface area contributed by atoms with E-state index >= 15 is 0 Å². The van der Waals surface area contributed by atoms with Crippen molar-refractivity contribution in [3.05, 3.63) is 0 Å². The molecule has 0 radical (unpaired) electrons. The summed E-state index contributed by atoms with van der Waals surface area (Å²) < 4.78 is 5.48. The van der Waals surface area contributed by atoms with Gasteiger partial charge in [-0.25, -0.2) is 0 Å². The first-order valence-corrected chi connectivity index (χ1v) is 4.01. The molecule has 0 amide bonds. The van der Waals surface area contributed by atoms with E-state index in [0.717, 1.165) is 0 Å². The van der Waals surface area contributed by atoms with Crippen molar-refractivity contribution in [2.75, 3.05) is 13.1 Å². The van der Waals surface area contributed by atoms with Crippen LogP contribution in [0.3, 0.4) is 0 Å². The van der Waals surface area contributed by atoms with E-state index in [9.17, 15) is 0 Å². The van der Waals surface area contributed by atoms with E-state index in [4.69, 9.17) is 15.7 Å². The maximum atomic E-state index is 8.44. The van der Waals surface area contributed by atoms with Gasteiger partial charge >= 0.3 is 0 Å². The maximum Gasteiger partial charge on any atom is 0.233 e. The highest BCUT2D eigenvalue weighted by molar-refractivity contribution is 5.77. The fourth-order valence-corrected chi connectivity index (χ4v) is 1.43. The molecule has 2 atom stereocenters. The number of nitrogens with zero attached hydrogens (tertiary/aromatic N) is 2. The van der Waals surface area contributed by atoms with Gasteiger partial charge in [0.15, 0.2) is 0 Å². The average Bonchev–Trinajstić information content (AvgIpc) is 2.01. The van der Waals surface area contributed by atoms with Crippen LogP contribution in [0.4, 0.5) is 0 Å². The summed E-state index contributed by atoms with van der Waals surface area (Å²) >= 11 is 0. The topological polar surface area (TPSA) is 71.1 Å². The third-order valence-corrected chi connectivity index (χ3v) is 1.85. The Balaban J connectivity index is 2.55. The minimum absolute atomic E-state index is 0.133. The number of hydrogen-bond donors (Lipinski definition) is 2. The molecule has 70 valence electrons. The van der Waals surface area contributed by atoms with Gasteiger partial charge in [-0.3, -0.25) is 0 Å². The molecule has 0 bridgehead atoms. The molecule has 1 aliphatic heterocycles. The summed E-state index contributed by atoms with van der Waals surface area (Å²) in [6.45, 7) is 5.29. The van der Waals surface area contributed by atoms with Crippen molar-refractivity contribution < 1.29 is 9.94 Å². The van der Waals surface area contributed by atoms with Crippen LogP contribution in [-0.2, 0) is 4.74 Å². The molecule has 3 N–H and O–H groups in total. The molecule has 2 unspecified atom stereocenters. The number of nitrogens with two attached hydrogens (primary N) is 1. The second-order valence-electron chi connectivity index (χ2n) is 3.12. The van der Waals surface area contributed by atoms with E-state index in [0.29, 0.717) is 13.1 Å². The third-order valence-electron chi connectivity index (χ3n) is 1.85. The minimum atomic E-state index is 0.133. The van der Waals surface area contributed by atoms with Crippen molar-refractivity contribution in [3.8, 4) is 0 Å². The largest absolute Gasteiger partial charge is 0.408 e. The average molecular weight is 173 g/mol. The van der Waals surface area contributed by atoms with Crippen LogP contribution in [0, 0.1) is 0 Å². The summed E-state index contributed by atoms with van der Waals surface area (Å²) in [5.74, 6) is 0.164. The second kappa shape index (κ2) is 3.62. The number of hydrogen-bond acceptors (Lipinski definition) is 3. The highest BCUT2D eigenvalue weighted by Crippen LogP contribution is 2.09. The summed E-state index contributed by atoms with van der Waals surface area (Å²) in [5.41, 5.74) is 5.44. The zero-order valence-electron chi connectivity index (χ0n) is 7.40.